The summed E-state index contributed by atoms with van der Waals surface area (Å²) in [6, 6.07) is 17.4. The van der Waals surface area contributed by atoms with E-state index in [1.807, 2.05) is 0 Å². The predicted molar refractivity (Wildman–Crippen MR) is 138 cm³/mol. The van der Waals surface area contributed by atoms with Crippen LogP contribution in [0, 0.1) is 0 Å². The zero-order valence-electron chi connectivity index (χ0n) is 19.1. The molecule has 0 unspecified atom stereocenters. The number of nitrogens with zero attached hydrogens (tertiary/aromatic N) is 2. The fourth-order valence-electron chi connectivity index (χ4n) is 3.81. The van der Waals surface area contributed by atoms with E-state index in [2.05, 4.69) is 5.32 Å². The number of hydrogen-bond donors (Lipinski definition) is 1. The molecule has 11 heteroatoms. The van der Waals surface area contributed by atoms with Gasteiger partial charge in [-0.05, 0) is 73.5 Å². The van der Waals surface area contributed by atoms with Crippen LogP contribution in [0.4, 0.5) is 17.1 Å². The van der Waals surface area contributed by atoms with Gasteiger partial charge in [0.25, 0.3) is 15.9 Å². The van der Waals surface area contributed by atoms with Crippen molar-refractivity contribution in [2.45, 2.75) is 18.2 Å². The van der Waals surface area contributed by atoms with Gasteiger partial charge in [0.1, 0.15) is 0 Å². The number of nitrogens with one attached hydrogen (secondary N) is 1. The first-order valence-corrected chi connectivity index (χ1v) is 14.2. The van der Waals surface area contributed by atoms with Crippen LogP contribution in [0.25, 0.3) is 0 Å². The van der Waals surface area contributed by atoms with Gasteiger partial charge in [0, 0.05) is 29.9 Å². The second kappa shape index (κ2) is 9.52. The van der Waals surface area contributed by atoms with Crippen molar-refractivity contribution in [2.75, 3.05) is 33.3 Å². The maximum absolute atomic E-state index is 13.2. The van der Waals surface area contributed by atoms with Crippen molar-refractivity contribution >= 4 is 54.6 Å². The van der Waals surface area contributed by atoms with Gasteiger partial charge in [0.2, 0.25) is 10.0 Å². The highest BCUT2D eigenvalue weighted by Gasteiger charge is 2.31. The third-order valence-electron chi connectivity index (χ3n) is 5.85. The minimum Gasteiger partial charge on any atom is -0.322 e. The molecule has 0 aliphatic carbocycles. The van der Waals surface area contributed by atoms with Gasteiger partial charge in [-0.3, -0.25) is 13.4 Å². The summed E-state index contributed by atoms with van der Waals surface area (Å²) in [6.07, 6.45) is 0.552. The van der Waals surface area contributed by atoms with E-state index >= 15 is 0 Å². The number of fused-ring (bicyclic) bond motifs is 1. The third-order valence-corrected chi connectivity index (χ3v) is 9.71. The summed E-state index contributed by atoms with van der Waals surface area (Å²) in [5, 5.41) is 3.22. The number of benzene rings is 3. The standard InChI is InChI=1S/C24H24ClN3O5S2/c1-3-34(30,31)27(2)21-6-4-5-18(15-21)24(29)26-20-10-7-17-13-14-28(23(17)16-20)35(32,33)22-11-8-19(25)9-12-22/h4-12,15-16H,3,13-14H2,1-2H3,(H,26,29). The number of rotatable bonds is 7. The van der Waals surface area contributed by atoms with Gasteiger partial charge in [-0.2, -0.15) is 0 Å². The smallest absolute Gasteiger partial charge is 0.264 e. The molecule has 1 aliphatic heterocycles. The number of carbonyl (C=O) groups excluding carboxylic acids is 1. The first kappa shape index (κ1) is 25.0. The van der Waals surface area contributed by atoms with Crippen molar-refractivity contribution < 1.29 is 21.6 Å². The number of carbonyl (C=O) groups is 1. The SMILES string of the molecule is CCS(=O)(=O)N(C)c1cccc(C(=O)Nc2ccc3c(c2)N(S(=O)(=O)c2ccc(Cl)cc2)CC3)c1. The lowest BCUT2D eigenvalue weighted by molar-refractivity contribution is 0.102. The minimum absolute atomic E-state index is 0.0650. The highest BCUT2D eigenvalue weighted by Crippen LogP contribution is 2.35. The second-order valence-corrected chi connectivity index (χ2v) is 12.6. The van der Waals surface area contributed by atoms with Crippen LogP contribution in [0.1, 0.15) is 22.8 Å². The Morgan fingerprint density at radius 1 is 1.03 bits per heavy atom. The molecule has 8 nitrogen and oxygen atoms in total. The molecule has 1 N–H and O–H groups in total. The Morgan fingerprint density at radius 3 is 2.43 bits per heavy atom. The molecule has 0 saturated carbocycles. The van der Waals surface area contributed by atoms with Gasteiger partial charge in [0.15, 0.2) is 0 Å². The fourth-order valence-corrected chi connectivity index (χ4v) is 6.25. The molecule has 0 saturated heterocycles. The lowest BCUT2D eigenvalue weighted by Crippen LogP contribution is -2.29. The molecule has 1 heterocycles. The van der Waals surface area contributed by atoms with Gasteiger partial charge in [-0.25, -0.2) is 16.8 Å². The molecule has 1 aliphatic rings. The molecule has 0 fully saturated rings. The van der Waals surface area contributed by atoms with E-state index in [4.69, 9.17) is 11.6 Å². The molecule has 0 radical (unpaired) electrons. The maximum atomic E-state index is 13.2. The van der Waals surface area contributed by atoms with Crippen LogP contribution in [0.2, 0.25) is 5.02 Å². The maximum Gasteiger partial charge on any atom is 0.264 e. The first-order chi connectivity index (χ1) is 16.5. The van der Waals surface area contributed by atoms with Crippen LogP contribution in [0.3, 0.4) is 0 Å². The molecule has 4 rings (SSSR count). The summed E-state index contributed by atoms with van der Waals surface area (Å²) >= 11 is 5.90. The number of halogens is 1. The predicted octanol–water partition coefficient (Wildman–Crippen LogP) is 4.13. The average Bonchev–Trinajstić information content (AvgIpc) is 3.28. The molecule has 3 aromatic rings. The zero-order chi connectivity index (χ0) is 25.4. The summed E-state index contributed by atoms with van der Waals surface area (Å²) in [7, 11) is -5.83. The highest BCUT2D eigenvalue weighted by molar-refractivity contribution is 7.93. The first-order valence-electron chi connectivity index (χ1n) is 10.8. The minimum atomic E-state index is -3.80. The van der Waals surface area contributed by atoms with Crippen LogP contribution >= 0.6 is 11.6 Å². The lowest BCUT2D eigenvalue weighted by Gasteiger charge is -2.20. The van der Waals surface area contributed by atoms with Crippen molar-refractivity contribution in [3.05, 3.63) is 82.9 Å². The van der Waals surface area contributed by atoms with Crippen LogP contribution in [0.5, 0.6) is 0 Å². The van der Waals surface area contributed by atoms with Crippen molar-refractivity contribution in [1.82, 2.24) is 0 Å². The summed E-state index contributed by atoms with van der Waals surface area (Å²) in [5.41, 5.74) is 2.42. The zero-order valence-corrected chi connectivity index (χ0v) is 21.5. The molecule has 0 atom stereocenters. The summed E-state index contributed by atoms with van der Waals surface area (Å²) in [4.78, 5) is 13.0. The molecular formula is C24H24ClN3O5S2. The van der Waals surface area contributed by atoms with Crippen LogP contribution in [-0.2, 0) is 26.5 Å². The fraction of sp³-hybridized carbons (Fsp3) is 0.208. The molecule has 0 aromatic heterocycles. The van der Waals surface area contributed by atoms with Crippen molar-refractivity contribution in [3.8, 4) is 0 Å². The van der Waals surface area contributed by atoms with E-state index < -0.39 is 26.0 Å². The molecule has 1 amide bonds. The van der Waals surface area contributed by atoms with Gasteiger partial charge in [-0.15, -0.1) is 0 Å². The summed E-state index contributed by atoms with van der Waals surface area (Å²) < 4.78 is 53.2. The monoisotopic (exact) mass is 533 g/mol. The van der Waals surface area contributed by atoms with Gasteiger partial charge >= 0.3 is 0 Å². The van der Waals surface area contributed by atoms with Gasteiger partial charge in [0.05, 0.1) is 22.0 Å². The van der Waals surface area contributed by atoms with E-state index in [1.54, 1.807) is 43.3 Å². The summed E-state index contributed by atoms with van der Waals surface area (Å²) in [5.74, 6) is -0.510. The van der Waals surface area contributed by atoms with Gasteiger partial charge < -0.3 is 5.32 Å². The third kappa shape index (κ3) is 5.00. The number of anilines is 3. The van der Waals surface area contributed by atoms with E-state index in [1.165, 1.54) is 41.7 Å². The van der Waals surface area contributed by atoms with Crippen molar-refractivity contribution in [2.24, 2.45) is 0 Å². The molecule has 0 spiro atoms. The Hall–Kier alpha value is -3.08. The Morgan fingerprint density at radius 2 is 1.74 bits per heavy atom. The number of hydrogen-bond acceptors (Lipinski definition) is 5. The Bertz CT molecular complexity index is 1490. The lowest BCUT2D eigenvalue weighted by atomic mass is 10.1. The number of sulfonamides is 2. The highest BCUT2D eigenvalue weighted by atomic mass is 35.5. The topological polar surface area (TPSA) is 104 Å². The van der Waals surface area contributed by atoms with E-state index in [0.29, 0.717) is 28.5 Å². The van der Waals surface area contributed by atoms with E-state index in [0.717, 1.165) is 9.87 Å². The van der Waals surface area contributed by atoms with Crippen molar-refractivity contribution in [3.63, 3.8) is 0 Å². The summed E-state index contributed by atoms with van der Waals surface area (Å²) in [6.45, 7) is 1.84. The largest absolute Gasteiger partial charge is 0.322 e. The van der Waals surface area contributed by atoms with Crippen LogP contribution in [-0.4, -0.2) is 42.1 Å². The molecule has 0 bridgehead atoms. The molecule has 184 valence electrons. The Labute approximate surface area is 210 Å². The Kier molecular flexibility index (Phi) is 6.81. The molecule has 3 aromatic carbocycles. The Balaban J connectivity index is 1.59. The molecular weight excluding hydrogens is 510 g/mol. The number of amides is 1. The van der Waals surface area contributed by atoms with Gasteiger partial charge in [-0.1, -0.05) is 23.7 Å². The normalized spacial score (nSPS) is 13.4. The second-order valence-electron chi connectivity index (χ2n) is 8.00. The van der Waals surface area contributed by atoms with Crippen LogP contribution in [0.15, 0.2) is 71.6 Å². The quantitative estimate of drug-likeness (QED) is 0.492. The van der Waals surface area contributed by atoms with Crippen LogP contribution < -0.4 is 13.9 Å². The average molecular weight is 534 g/mol. The molecule has 35 heavy (non-hydrogen) atoms. The van der Waals surface area contributed by atoms with E-state index in [-0.39, 0.29) is 22.8 Å². The van der Waals surface area contributed by atoms with Crippen molar-refractivity contribution in [1.29, 1.82) is 0 Å². The van der Waals surface area contributed by atoms with E-state index in [9.17, 15) is 21.6 Å².